The quantitative estimate of drug-likeness (QED) is 0.899. The first-order valence-electron chi connectivity index (χ1n) is 6.83. The number of hydrogen-bond acceptors (Lipinski definition) is 3. The summed E-state index contributed by atoms with van der Waals surface area (Å²) in [6.45, 7) is 2.16. The number of benzene rings is 1. The molecular weight excluding hydrogens is 254 g/mol. The van der Waals surface area contributed by atoms with E-state index in [-0.39, 0.29) is 18.1 Å². The van der Waals surface area contributed by atoms with Crippen LogP contribution in [-0.4, -0.2) is 18.8 Å². The average Bonchev–Trinajstić information content (AvgIpc) is 2.47. The molecule has 3 atom stereocenters. The molecule has 1 aromatic carbocycles. The number of carbonyl (C=O) groups excluding carboxylic acids is 1. The Morgan fingerprint density at radius 3 is 2.95 bits per heavy atom. The van der Waals surface area contributed by atoms with Crippen LogP contribution < -0.4 is 10.1 Å². The standard InChI is InChI=1S/C16H17NO3/c1-2-19-16(18)17-15-11-7-3-5-9-13(11)20-14-10-6-4-8-12(14)15/h3-11,13,15H,2H2,1H3,(H,17,18)/t11-,13+,15-/m0/s1. The second-order valence-corrected chi connectivity index (χ2v) is 4.81. The van der Waals surface area contributed by atoms with Crippen LogP contribution in [0.4, 0.5) is 4.79 Å². The van der Waals surface area contributed by atoms with Crippen LogP contribution in [0, 0.1) is 5.92 Å². The van der Waals surface area contributed by atoms with Gasteiger partial charge in [0.1, 0.15) is 11.9 Å². The van der Waals surface area contributed by atoms with E-state index >= 15 is 0 Å². The van der Waals surface area contributed by atoms with Gasteiger partial charge in [-0.15, -0.1) is 0 Å². The summed E-state index contributed by atoms with van der Waals surface area (Å²) < 4.78 is 11.0. The maximum absolute atomic E-state index is 11.8. The molecule has 0 bridgehead atoms. The lowest BCUT2D eigenvalue weighted by Gasteiger charge is -2.38. The van der Waals surface area contributed by atoms with Gasteiger partial charge in [-0.25, -0.2) is 4.79 Å². The third kappa shape index (κ3) is 2.29. The van der Waals surface area contributed by atoms with E-state index in [0.29, 0.717) is 6.61 Å². The molecule has 0 spiro atoms. The Balaban J connectivity index is 1.93. The van der Waals surface area contributed by atoms with Crippen molar-refractivity contribution in [2.45, 2.75) is 19.1 Å². The largest absolute Gasteiger partial charge is 0.485 e. The number of rotatable bonds is 2. The van der Waals surface area contributed by atoms with Crippen LogP contribution >= 0.6 is 0 Å². The second kappa shape index (κ2) is 5.41. The molecule has 4 nitrogen and oxygen atoms in total. The Hall–Kier alpha value is -2.23. The molecule has 1 N–H and O–H groups in total. The first-order chi connectivity index (χ1) is 9.79. The van der Waals surface area contributed by atoms with Crippen LogP contribution in [0.15, 0.2) is 48.6 Å². The summed E-state index contributed by atoms with van der Waals surface area (Å²) in [4.78, 5) is 11.8. The Bertz CT molecular complexity index is 565. The van der Waals surface area contributed by atoms with Crippen molar-refractivity contribution in [2.75, 3.05) is 6.61 Å². The molecule has 0 radical (unpaired) electrons. The maximum Gasteiger partial charge on any atom is 0.407 e. The van der Waals surface area contributed by atoms with E-state index in [1.807, 2.05) is 42.5 Å². The van der Waals surface area contributed by atoms with E-state index in [0.717, 1.165) is 11.3 Å². The number of fused-ring (bicyclic) bond motifs is 2. The van der Waals surface area contributed by atoms with Crippen molar-refractivity contribution in [3.05, 3.63) is 54.1 Å². The Morgan fingerprint density at radius 1 is 1.30 bits per heavy atom. The smallest absolute Gasteiger partial charge is 0.407 e. The predicted octanol–water partition coefficient (Wildman–Crippen LogP) is 2.98. The Labute approximate surface area is 118 Å². The Morgan fingerprint density at radius 2 is 2.10 bits per heavy atom. The van der Waals surface area contributed by atoms with Gasteiger partial charge >= 0.3 is 6.09 Å². The van der Waals surface area contributed by atoms with Gasteiger partial charge in [-0.3, -0.25) is 0 Å². The fourth-order valence-corrected chi connectivity index (χ4v) is 2.70. The number of allylic oxidation sites excluding steroid dienone is 2. The molecular formula is C16H17NO3. The van der Waals surface area contributed by atoms with Crippen LogP contribution in [0.5, 0.6) is 5.75 Å². The molecule has 1 aliphatic heterocycles. The van der Waals surface area contributed by atoms with Gasteiger partial charge in [-0.05, 0) is 19.1 Å². The van der Waals surface area contributed by atoms with Gasteiger partial charge < -0.3 is 14.8 Å². The van der Waals surface area contributed by atoms with Crippen molar-refractivity contribution < 1.29 is 14.3 Å². The zero-order valence-electron chi connectivity index (χ0n) is 11.3. The SMILES string of the molecule is CCOC(=O)N[C@@H]1c2ccccc2O[C@@H]2C=CC=C[C@H]12. The van der Waals surface area contributed by atoms with Crippen LogP contribution in [0.3, 0.4) is 0 Å². The first-order valence-corrected chi connectivity index (χ1v) is 6.83. The van der Waals surface area contributed by atoms with Crippen LogP contribution in [0.2, 0.25) is 0 Å². The van der Waals surface area contributed by atoms with Gasteiger partial charge in [-0.2, -0.15) is 0 Å². The van der Waals surface area contributed by atoms with Crippen LogP contribution in [0.1, 0.15) is 18.5 Å². The van der Waals surface area contributed by atoms with Crippen molar-refractivity contribution >= 4 is 6.09 Å². The zero-order valence-corrected chi connectivity index (χ0v) is 11.3. The molecule has 1 aromatic rings. The van der Waals surface area contributed by atoms with E-state index in [9.17, 15) is 4.79 Å². The highest BCUT2D eigenvalue weighted by molar-refractivity contribution is 5.68. The van der Waals surface area contributed by atoms with Gasteiger partial charge in [0.2, 0.25) is 0 Å². The molecule has 0 saturated heterocycles. The number of carbonyl (C=O) groups is 1. The molecule has 4 heteroatoms. The van der Waals surface area contributed by atoms with Crippen molar-refractivity contribution in [3.8, 4) is 5.75 Å². The lowest BCUT2D eigenvalue weighted by molar-refractivity contribution is 0.120. The van der Waals surface area contributed by atoms with Crippen LogP contribution in [0.25, 0.3) is 0 Å². The number of hydrogen-bond donors (Lipinski definition) is 1. The predicted molar refractivity (Wildman–Crippen MR) is 75.5 cm³/mol. The van der Waals surface area contributed by atoms with Crippen LogP contribution in [-0.2, 0) is 4.74 Å². The molecule has 3 rings (SSSR count). The molecule has 0 saturated carbocycles. The van der Waals surface area contributed by atoms with E-state index in [1.165, 1.54) is 0 Å². The van der Waals surface area contributed by atoms with E-state index in [2.05, 4.69) is 11.4 Å². The molecule has 1 amide bonds. The number of ether oxygens (including phenoxy) is 2. The van der Waals surface area contributed by atoms with Gasteiger partial charge in [0, 0.05) is 11.5 Å². The van der Waals surface area contributed by atoms with E-state index in [1.54, 1.807) is 6.92 Å². The molecule has 0 aromatic heterocycles. The number of amides is 1. The summed E-state index contributed by atoms with van der Waals surface area (Å²) in [6, 6.07) is 7.66. The minimum atomic E-state index is -0.393. The first kappa shape index (κ1) is 12.8. The van der Waals surface area contributed by atoms with E-state index < -0.39 is 6.09 Å². The van der Waals surface area contributed by atoms with Crippen molar-refractivity contribution in [3.63, 3.8) is 0 Å². The highest BCUT2D eigenvalue weighted by Gasteiger charge is 2.37. The molecule has 1 heterocycles. The minimum Gasteiger partial charge on any atom is -0.485 e. The van der Waals surface area contributed by atoms with Gasteiger partial charge in [-0.1, -0.05) is 36.4 Å². The summed E-state index contributed by atoms with van der Waals surface area (Å²) in [7, 11) is 0. The molecule has 0 fully saturated rings. The normalized spacial score (nSPS) is 26.1. The molecule has 104 valence electrons. The van der Waals surface area contributed by atoms with Crippen molar-refractivity contribution in [1.29, 1.82) is 0 Å². The average molecular weight is 271 g/mol. The van der Waals surface area contributed by atoms with E-state index in [4.69, 9.17) is 9.47 Å². The fraction of sp³-hybridized carbons (Fsp3) is 0.312. The molecule has 2 aliphatic rings. The monoisotopic (exact) mass is 271 g/mol. The molecule has 0 unspecified atom stereocenters. The summed E-state index contributed by atoms with van der Waals surface area (Å²) >= 11 is 0. The summed E-state index contributed by atoms with van der Waals surface area (Å²) in [6.07, 6.45) is 7.59. The Kier molecular flexibility index (Phi) is 3.46. The molecule has 20 heavy (non-hydrogen) atoms. The highest BCUT2D eigenvalue weighted by Crippen LogP contribution is 2.40. The maximum atomic E-state index is 11.8. The third-order valence-electron chi connectivity index (χ3n) is 3.58. The minimum absolute atomic E-state index is 0.0539. The van der Waals surface area contributed by atoms with Gasteiger partial charge in [0.25, 0.3) is 0 Å². The summed E-state index contributed by atoms with van der Waals surface area (Å²) in [5, 5.41) is 2.95. The molecule has 1 aliphatic carbocycles. The zero-order chi connectivity index (χ0) is 13.9. The number of nitrogens with one attached hydrogen (secondary N) is 1. The number of alkyl carbamates (subject to hydrolysis) is 1. The summed E-state index contributed by atoms with van der Waals surface area (Å²) in [5.41, 5.74) is 0.988. The third-order valence-corrected chi connectivity index (χ3v) is 3.58. The summed E-state index contributed by atoms with van der Waals surface area (Å²) in [5.74, 6) is 0.898. The van der Waals surface area contributed by atoms with Crippen molar-refractivity contribution in [2.24, 2.45) is 5.92 Å². The van der Waals surface area contributed by atoms with Gasteiger partial charge in [0.15, 0.2) is 0 Å². The second-order valence-electron chi connectivity index (χ2n) is 4.81. The lowest BCUT2D eigenvalue weighted by Crippen LogP contribution is -2.43. The van der Waals surface area contributed by atoms with Crippen molar-refractivity contribution in [1.82, 2.24) is 5.32 Å². The number of para-hydroxylation sites is 1. The highest BCUT2D eigenvalue weighted by atomic mass is 16.5. The van der Waals surface area contributed by atoms with Gasteiger partial charge in [0.05, 0.1) is 12.6 Å². The topological polar surface area (TPSA) is 47.6 Å². The fourth-order valence-electron chi connectivity index (χ4n) is 2.70. The lowest BCUT2D eigenvalue weighted by atomic mass is 9.83.